The molecule has 2 heterocycles. The fourth-order valence-corrected chi connectivity index (χ4v) is 5.59. The van der Waals surface area contributed by atoms with E-state index < -0.39 is 0 Å². The zero-order chi connectivity index (χ0) is 21.9. The van der Waals surface area contributed by atoms with Gasteiger partial charge in [-0.2, -0.15) is 0 Å². The van der Waals surface area contributed by atoms with Crippen LogP contribution in [0.2, 0.25) is 0 Å². The highest BCUT2D eigenvalue weighted by molar-refractivity contribution is 5.80. The van der Waals surface area contributed by atoms with E-state index in [4.69, 9.17) is 0 Å². The molecule has 4 heteroatoms. The lowest BCUT2D eigenvalue weighted by atomic mass is 9.79. The van der Waals surface area contributed by atoms with E-state index in [2.05, 4.69) is 51.3 Å². The monoisotopic (exact) mass is 406 g/mol. The lowest BCUT2D eigenvalue weighted by Crippen LogP contribution is -2.46. The highest BCUT2D eigenvalue weighted by Crippen LogP contribution is 2.38. The second-order valence-corrected chi connectivity index (χ2v) is 10.9. The fraction of sp³-hybridized carbons (Fsp3) is 0.920. The fourth-order valence-electron chi connectivity index (χ4n) is 5.59. The highest BCUT2D eigenvalue weighted by atomic mass is 16.2. The summed E-state index contributed by atoms with van der Waals surface area (Å²) in [7, 11) is 0. The van der Waals surface area contributed by atoms with Crippen LogP contribution in [0.3, 0.4) is 0 Å². The van der Waals surface area contributed by atoms with Gasteiger partial charge in [-0.25, -0.2) is 0 Å². The summed E-state index contributed by atoms with van der Waals surface area (Å²) < 4.78 is 0. The van der Waals surface area contributed by atoms with E-state index in [-0.39, 0.29) is 23.8 Å². The van der Waals surface area contributed by atoms with Gasteiger partial charge in [-0.3, -0.25) is 9.59 Å². The third-order valence-electron chi connectivity index (χ3n) is 7.43. The van der Waals surface area contributed by atoms with Gasteiger partial charge in [0.05, 0.1) is 0 Å². The van der Waals surface area contributed by atoms with Crippen molar-refractivity contribution in [1.82, 2.24) is 9.80 Å². The van der Waals surface area contributed by atoms with Crippen molar-refractivity contribution in [3.8, 4) is 0 Å². The molecule has 0 spiro atoms. The number of carbonyl (C=O) groups is 2. The zero-order valence-electron chi connectivity index (χ0n) is 20.3. The van der Waals surface area contributed by atoms with Gasteiger partial charge in [0.1, 0.15) is 0 Å². The van der Waals surface area contributed by atoms with E-state index >= 15 is 0 Å². The van der Waals surface area contributed by atoms with E-state index in [0.717, 1.165) is 45.2 Å². The molecule has 0 bridgehead atoms. The molecule has 2 aliphatic heterocycles. The Labute approximate surface area is 179 Å². The molecular weight excluding hydrogens is 360 g/mol. The molecule has 2 amide bonds. The van der Waals surface area contributed by atoms with Gasteiger partial charge in [0.2, 0.25) is 11.8 Å². The second kappa shape index (κ2) is 10.3. The Morgan fingerprint density at radius 3 is 2.03 bits per heavy atom. The van der Waals surface area contributed by atoms with Crippen molar-refractivity contribution in [3.63, 3.8) is 0 Å². The van der Waals surface area contributed by atoms with Gasteiger partial charge in [-0.1, -0.05) is 55.4 Å². The number of nitrogens with zero attached hydrogens (tertiary/aromatic N) is 2. The largest absolute Gasteiger partial charge is 0.339 e. The molecular formula is C25H46N2O2. The van der Waals surface area contributed by atoms with E-state index in [1.807, 2.05) is 13.8 Å². The van der Waals surface area contributed by atoms with Crippen molar-refractivity contribution < 1.29 is 9.59 Å². The molecule has 0 aliphatic carbocycles. The summed E-state index contributed by atoms with van der Waals surface area (Å²) in [4.78, 5) is 30.5. The van der Waals surface area contributed by atoms with Crippen molar-refractivity contribution in [2.75, 3.05) is 13.1 Å². The van der Waals surface area contributed by atoms with Crippen molar-refractivity contribution >= 4 is 11.8 Å². The summed E-state index contributed by atoms with van der Waals surface area (Å²) in [5.41, 5.74) is 0. The third kappa shape index (κ3) is 5.76. The topological polar surface area (TPSA) is 40.6 Å². The van der Waals surface area contributed by atoms with Crippen LogP contribution in [0.4, 0.5) is 0 Å². The number of hydrogen-bond acceptors (Lipinski definition) is 2. The first-order chi connectivity index (χ1) is 13.5. The molecule has 4 nitrogen and oxygen atoms in total. The Balaban J connectivity index is 2.09. The standard InChI is InChI=1S/C25H46N2O2/c1-16(2)14-22-10-9-12-26(22)25(29)19(7)15-21-11-13-27(24(28)18(5)6)23(21)20(8)17(3)4/h16-23H,9-15H2,1-8H3/t19-,20?,21?,22?,23?/m0/s1. The van der Waals surface area contributed by atoms with Crippen LogP contribution < -0.4 is 0 Å². The average molecular weight is 407 g/mol. The number of amides is 2. The molecule has 0 aromatic rings. The molecule has 0 aromatic carbocycles. The predicted molar refractivity (Wildman–Crippen MR) is 120 cm³/mol. The van der Waals surface area contributed by atoms with Gasteiger partial charge in [0.25, 0.3) is 0 Å². The molecule has 29 heavy (non-hydrogen) atoms. The van der Waals surface area contributed by atoms with Crippen LogP contribution in [0.5, 0.6) is 0 Å². The molecule has 0 aromatic heterocycles. The molecule has 2 aliphatic rings. The highest BCUT2D eigenvalue weighted by Gasteiger charge is 2.43. The van der Waals surface area contributed by atoms with E-state index in [1.165, 1.54) is 0 Å². The molecule has 2 saturated heterocycles. The normalized spacial score (nSPS) is 27.3. The molecule has 2 fully saturated rings. The number of likely N-dealkylation sites (tertiary alicyclic amines) is 2. The number of rotatable bonds is 8. The number of carbonyl (C=O) groups excluding carboxylic acids is 2. The molecule has 0 radical (unpaired) electrons. The number of hydrogen-bond donors (Lipinski definition) is 0. The SMILES string of the molecule is CC(C)CC1CCCN1C(=O)[C@@H](C)CC1CCN(C(=O)C(C)C)C1C(C)C(C)C. The lowest BCUT2D eigenvalue weighted by molar-refractivity contribution is -0.137. The minimum absolute atomic E-state index is 0.0380. The van der Waals surface area contributed by atoms with Crippen LogP contribution in [0.1, 0.15) is 87.5 Å². The Bertz CT molecular complexity index is 557. The first-order valence-corrected chi connectivity index (χ1v) is 12.1. The molecule has 168 valence electrons. The summed E-state index contributed by atoms with van der Waals surface area (Å²) in [5.74, 6) is 2.75. The van der Waals surface area contributed by atoms with Gasteiger partial charge in [-0.05, 0) is 55.8 Å². The lowest BCUT2D eigenvalue weighted by Gasteiger charge is -2.37. The minimum Gasteiger partial charge on any atom is -0.339 e. The molecule has 4 unspecified atom stereocenters. The average Bonchev–Trinajstić information content (AvgIpc) is 3.25. The maximum absolute atomic E-state index is 13.3. The van der Waals surface area contributed by atoms with Gasteiger partial charge >= 0.3 is 0 Å². The third-order valence-corrected chi connectivity index (χ3v) is 7.43. The summed E-state index contributed by atoms with van der Waals surface area (Å²) in [6.07, 6.45) is 5.36. The quantitative estimate of drug-likeness (QED) is 0.555. The van der Waals surface area contributed by atoms with Crippen molar-refractivity contribution in [1.29, 1.82) is 0 Å². The van der Waals surface area contributed by atoms with E-state index in [9.17, 15) is 9.59 Å². The maximum atomic E-state index is 13.3. The first-order valence-electron chi connectivity index (χ1n) is 12.1. The van der Waals surface area contributed by atoms with Gasteiger partial charge in [-0.15, -0.1) is 0 Å². The Morgan fingerprint density at radius 1 is 0.828 bits per heavy atom. The van der Waals surface area contributed by atoms with Gasteiger partial charge in [0.15, 0.2) is 0 Å². The molecule has 2 rings (SSSR count). The molecule has 0 N–H and O–H groups in total. The summed E-state index contributed by atoms with van der Waals surface area (Å²) in [5, 5.41) is 0. The van der Waals surface area contributed by atoms with Crippen LogP contribution in [0.25, 0.3) is 0 Å². The summed E-state index contributed by atoms with van der Waals surface area (Å²) in [6, 6.07) is 0.697. The molecule has 5 atom stereocenters. The van der Waals surface area contributed by atoms with Crippen LogP contribution in [-0.2, 0) is 9.59 Å². The summed E-state index contributed by atoms with van der Waals surface area (Å²) >= 11 is 0. The summed E-state index contributed by atoms with van der Waals surface area (Å²) in [6.45, 7) is 19.2. The van der Waals surface area contributed by atoms with Crippen LogP contribution >= 0.6 is 0 Å². The predicted octanol–water partition coefficient (Wildman–Crippen LogP) is 5.21. The second-order valence-electron chi connectivity index (χ2n) is 10.9. The zero-order valence-corrected chi connectivity index (χ0v) is 20.3. The van der Waals surface area contributed by atoms with Crippen LogP contribution in [0.15, 0.2) is 0 Å². The van der Waals surface area contributed by atoms with E-state index in [0.29, 0.717) is 35.6 Å². The first kappa shape index (κ1) is 24.2. The van der Waals surface area contributed by atoms with Crippen molar-refractivity contribution in [2.24, 2.45) is 35.5 Å². The molecule has 0 saturated carbocycles. The van der Waals surface area contributed by atoms with Gasteiger partial charge in [0, 0.05) is 37.0 Å². The smallest absolute Gasteiger partial charge is 0.225 e. The Kier molecular flexibility index (Phi) is 8.60. The van der Waals surface area contributed by atoms with Crippen LogP contribution in [-0.4, -0.2) is 46.8 Å². The Morgan fingerprint density at radius 2 is 1.48 bits per heavy atom. The maximum Gasteiger partial charge on any atom is 0.225 e. The van der Waals surface area contributed by atoms with Crippen molar-refractivity contribution in [3.05, 3.63) is 0 Å². The minimum atomic E-state index is 0.0380. The van der Waals surface area contributed by atoms with Gasteiger partial charge < -0.3 is 9.80 Å². The Hall–Kier alpha value is -1.06. The van der Waals surface area contributed by atoms with Crippen LogP contribution in [0, 0.1) is 35.5 Å². The van der Waals surface area contributed by atoms with Crippen molar-refractivity contribution in [2.45, 2.75) is 99.6 Å². The van der Waals surface area contributed by atoms with E-state index in [1.54, 1.807) is 0 Å².